The third-order valence-electron chi connectivity index (χ3n) is 2.26. The molecule has 0 radical (unpaired) electrons. The second-order valence-corrected chi connectivity index (χ2v) is 3.16. The van der Waals surface area contributed by atoms with Gasteiger partial charge < -0.3 is 5.11 Å². The monoisotopic (exact) mass is 224 g/mol. The van der Waals surface area contributed by atoms with Crippen LogP contribution < -0.4 is 0 Å². The third kappa shape index (κ3) is 2.49. The molecule has 0 aromatic carbocycles. The fraction of sp³-hybridized carbons (Fsp3) is 0.556. The molecule has 0 saturated carbocycles. The second kappa shape index (κ2) is 6.07. The molecule has 1 N–H and O–H groups in total. The van der Waals surface area contributed by atoms with Crippen molar-refractivity contribution in [1.82, 2.24) is 5.06 Å². The van der Waals surface area contributed by atoms with E-state index in [9.17, 15) is 4.79 Å². The Kier molecular flexibility index (Phi) is 4.72. The molecule has 16 heavy (non-hydrogen) atoms. The van der Waals surface area contributed by atoms with Gasteiger partial charge in [0.15, 0.2) is 0 Å². The van der Waals surface area contributed by atoms with Crippen LogP contribution in [0.3, 0.4) is 0 Å². The Bertz CT molecular complexity index is 358. The molecule has 0 aromatic heterocycles. The molecule has 0 spiro atoms. The van der Waals surface area contributed by atoms with Gasteiger partial charge in [-0.3, -0.25) is 4.84 Å². The molecular formula is C9H12N4O3. The minimum Gasteiger partial charge on any atom is -0.394 e. The highest BCUT2D eigenvalue weighted by Crippen LogP contribution is 2.24. The van der Waals surface area contributed by atoms with E-state index in [0.717, 1.165) is 0 Å². The summed E-state index contributed by atoms with van der Waals surface area (Å²) in [4.78, 5) is 18.6. The van der Waals surface area contributed by atoms with Crippen molar-refractivity contribution in [2.75, 3.05) is 19.8 Å². The van der Waals surface area contributed by atoms with E-state index in [-0.39, 0.29) is 25.3 Å². The first-order chi connectivity index (χ1) is 7.78. The van der Waals surface area contributed by atoms with Crippen LogP contribution in [0, 0.1) is 0 Å². The van der Waals surface area contributed by atoms with Gasteiger partial charge in [0.2, 0.25) is 0 Å². The van der Waals surface area contributed by atoms with Gasteiger partial charge in [0.1, 0.15) is 5.94 Å². The summed E-state index contributed by atoms with van der Waals surface area (Å²) < 4.78 is 0. The van der Waals surface area contributed by atoms with Crippen LogP contribution in [0.5, 0.6) is 0 Å². The predicted octanol–water partition coefficient (Wildman–Crippen LogP) is 0.217. The van der Waals surface area contributed by atoms with Crippen LogP contribution in [0.15, 0.2) is 23.3 Å². The van der Waals surface area contributed by atoms with Gasteiger partial charge in [-0.05, 0) is 5.53 Å². The molecule has 1 fully saturated rings. The normalized spacial score (nSPS) is 24.9. The molecule has 1 rings (SSSR count). The average molecular weight is 224 g/mol. The molecule has 7 nitrogen and oxygen atoms in total. The zero-order chi connectivity index (χ0) is 12.0. The summed E-state index contributed by atoms with van der Waals surface area (Å²) in [6.45, 7) is 3.68. The lowest BCUT2D eigenvalue weighted by molar-refractivity contribution is -0.161. The summed E-state index contributed by atoms with van der Waals surface area (Å²) in [5.74, 6) is 1.70. The van der Waals surface area contributed by atoms with E-state index in [1.54, 1.807) is 12.0 Å². The van der Waals surface area contributed by atoms with E-state index in [2.05, 4.69) is 16.6 Å². The SMILES string of the molecule is C=CCON1CC(N=[N+]=[N-])C(=C=O)C1CO. The van der Waals surface area contributed by atoms with Crippen LogP contribution >= 0.6 is 0 Å². The van der Waals surface area contributed by atoms with Crippen molar-refractivity contribution in [3.63, 3.8) is 0 Å². The molecule has 0 aliphatic carbocycles. The molecule has 2 unspecified atom stereocenters. The van der Waals surface area contributed by atoms with Gasteiger partial charge in [-0.2, -0.15) is 5.06 Å². The Labute approximate surface area is 92.2 Å². The van der Waals surface area contributed by atoms with Crippen molar-refractivity contribution in [2.45, 2.75) is 12.1 Å². The molecular weight excluding hydrogens is 212 g/mol. The Balaban J connectivity index is 2.85. The maximum absolute atomic E-state index is 10.7. The number of aliphatic hydroxyl groups is 1. The quantitative estimate of drug-likeness (QED) is 0.237. The van der Waals surface area contributed by atoms with Crippen LogP contribution in [0.1, 0.15) is 0 Å². The summed E-state index contributed by atoms with van der Waals surface area (Å²) in [5, 5.41) is 14.0. The number of carbonyl (C=O) groups excluding carboxylic acids is 1. The van der Waals surface area contributed by atoms with Crippen molar-refractivity contribution in [1.29, 1.82) is 0 Å². The van der Waals surface area contributed by atoms with Gasteiger partial charge in [0, 0.05) is 17.0 Å². The van der Waals surface area contributed by atoms with Gasteiger partial charge in [0.05, 0.1) is 25.3 Å². The average Bonchev–Trinajstić information content (AvgIpc) is 2.63. The Morgan fingerprint density at radius 2 is 2.62 bits per heavy atom. The fourth-order valence-corrected chi connectivity index (χ4v) is 1.55. The molecule has 1 aliphatic heterocycles. The molecule has 0 amide bonds. The van der Waals surface area contributed by atoms with Crippen LogP contribution in [0.2, 0.25) is 0 Å². The van der Waals surface area contributed by atoms with E-state index in [1.165, 1.54) is 5.06 Å². The zero-order valence-electron chi connectivity index (χ0n) is 8.61. The zero-order valence-corrected chi connectivity index (χ0v) is 8.61. The number of hydrogen-bond donors (Lipinski definition) is 1. The predicted molar refractivity (Wildman–Crippen MR) is 55.9 cm³/mol. The number of rotatable bonds is 5. The Morgan fingerprint density at radius 3 is 3.12 bits per heavy atom. The lowest BCUT2D eigenvalue weighted by atomic mass is 10.1. The lowest BCUT2D eigenvalue weighted by Gasteiger charge is -2.20. The van der Waals surface area contributed by atoms with Crippen LogP contribution in [0.25, 0.3) is 10.4 Å². The Hall–Kier alpha value is -1.62. The number of hydrogen-bond acceptors (Lipinski definition) is 5. The maximum Gasteiger partial charge on any atom is 0.125 e. The highest BCUT2D eigenvalue weighted by Gasteiger charge is 2.38. The van der Waals surface area contributed by atoms with Gasteiger partial charge >= 0.3 is 0 Å². The smallest absolute Gasteiger partial charge is 0.125 e. The number of hydroxylamine groups is 2. The van der Waals surface area contributed by atoms with Gasteiger partial charge in [-0.25, -0.2) is 4.79 Å². The third-order valence-corrected chi connectivity index (χ3v) is 2.26. The summed E-state index contributed by atoms with van der Waals surface area (Å²) >= 11 is 0. The molecule has 0 aromatic rings. The molecule has 1 heterocycles. The first-order valence-electron chi connectivity index (χ1n) is 4.68. The van der Waals surface area contributed by atoms with Crippen LogP contribution in [-0.2, 0) is 9.63 Å². The van der Waals surface area contributed by atoms with E-state index < -0.39 is 12.1 Å². The van der Waals surface area contributed by atoms with Crippen molar-refractivity contribution in [3.8, 4) is 0 Å². The fourth-order valence-electron chi connectivity index (χ4n) is 1.55. The molecule has 7 heteroatoms. The van der Waals surface area contributed by atoms with Gasteiger partial charge in [-0.1, -0.05) is 11.2 Å². The highest BCUT2D eigenvalue weighted by molar-refractivity contribution is 5.58. The van der Waals surface area contributed by atoms with E-state index in [4.69, 9.17) is 15.5 Å². The van der Waals surface area contributed by atoms with E-state index >= 15 is 0 Å². The first kappa shape index (κ1) is 12.4. The van der Waals surface area contributed by atoms with Crippen LogP contribution in [0.4, 0.5) is 0 Å². The summed E-state index contributed by atoms with van der Waals surface area (Å²) in [6, 6.07) is -1.24. The van der Waals surface area contributed by atoms with Gasteiger partial charge in [0.25, 0.3) is 0 Å². The standard InChI is InChI=1S/C9H12N4O3/c1-2-3-16-13-4-8(11-12-10)7(5-14)9(13)6-15/h2,8-9,15H,1,3-4,6H2. The van der Waals surface area contributed by atoms with Gasteiger partial charge in [-0.15, -0.1) is 6.58 Å². The van der Waals surface area contributed by atoms with E-state index in [1.807, 2.05) is 0 Å². The lowest BCUT2D eigenvalue weighted by Crippen LogP contribution is -2.33. The summed E-state index contributed by atoms with van der Waals surface area (Å²) in [7, 11) is 0. The van der Waals surface area contributed by atoms with Crippen molar-refractivity contribution in [2.24, 2.45) is 5.11 Å². The molecule has 1 aliphatic rings. The minimum absolute atomic E-state index is 0.212. The van der Waals surface area contributed by atoms with E-state index in [0.29, 0.717) is 0 Å². The molecule has 1 saturated heterocycles. The topological polar surface area (TPSA) is 98.5 Å². The molecule has 86 valence electrons. The second-order valence-electron chi connectivity index (χ2n) is 3.16. The summed E-state index contributed by atoms with van der Waals surface area (Å²) in [6.07, 6.45) is 1.54. The van der Waals surface area contributed by atoms with Crippen molar-refractivity contribution in [3.05, 3.63) is 28.7 Å². The highest BCUT2D eigenvalue weighted by atomic mass is 16.7. The first-order valence-corrected chi connectivity index (χ1v) is 4.68. The largest absolute Gasteiger partial charge is 0.394 e. The molecule has 2 atom stereocenters. The van der Waals surface area contributed by atoms with Crippen molar-refractivity contribution < 1.29 is 14.7 Å². The van der Waals surface area contributed by atoms with Crippen molar-refractivity contribution >= 4 is 5.94 Å². The number of azide groups is 1. The summed E-state index contributed by atoms with van der Waals surface area (Å²) in [5.41, 5.74) is 8.55. The Morgan fingerprint density at radius 1 is 1.88 bits per heavy atom. The molecule has 0 bridgehead atoms. The number of aliphatic hydroxyl groups excluding tert-OH is 1. The van der Waals surface area contributed by atoms with Crippen LogP contribution in [-0.4, -0.2) is 48.0 Å². The maximum atomic E-state index is 10.7. The minimum atomic E-state index is -0.635. The number of nitrogens with zero attached hydrogens (tertiary/aromatic N) is 4.